The number of nitrogens with zero attached hydrogens (tertiary/aromatic N) is 1. The number of amides is 2. The summed E-state index contributed by atoms with van der Waals surface area (Å²) in [7, 11) is 0. The highest BCUT2D eigenvalue weighted by atomic mass is 35.5. The van der Waals surface area contributed by atoms with Gasteiger partial charge >= 0.3 is 0 Å². The summed E-state index contributed by atoms with van der Waals surface area (Å²) < 4.78 is 5.82. The van der Waals surface area contributed by atoms with Crippen LogP contribution in [-0.4, -0.2) is 35.4 Å². The molecular formula is C29H33ClN2O3. The van der Waals surface area contributed by atoms with Gasteiger partial charge in [0.25, 0.3) is 5.91 Å². The topological polar surface area (TPSA) is 58.6 Å². The lowest BCUT2D eigenvalue weighted by Crippen LogP contribution is -2.53. The maximum atomic E-state index is 13.6. The predicted molar refractivity (Wildman–Crippen MR) is 141 cm³/mol. The van der Waals surface area contributed by atoms with Crippen molar-refractivity contribution in [1.82, 2.24) is 10.2 Å². The van der Waals surface area contributed by atoms with E-state index in [-0.39, 0.29) is 24.5 Å². The maximum absolute atomic E-state index is 13.6. The van der Waals surface area contributed by atoms with E-state index in [1.807, 2.05) is 81.4 Å². The molecule has 3 rings (SSSR count). The summed E-state index contributed by atoms with van der Waals surface area (Å²) in [6.45, 7) is 5.98. The summed E-state index contributed by atoms with van der Waals surface area (Å²) in [4.78, 5) is 28.6. The normalized spacial score (nSPS) is 12.5. The van der Waals surface area contributed by atoms with Crippen molar-refractivity contribution in [2.24, 2.45) is 0 Å². The highest BCUT2D eigenvalue weighted by Crippen LogP contribution is 2.22. The third-order valence-corrected chi connectivity index (χ3v) is 6.38. The van der Waals surface area contributed by atoms with Gasteiger partial charge in [-0.05, 0) is 55.2 Å². The maximum Gasteiger partial charge on any atom is 0.261 e. The van der Waals surface area contributed by atoms with Crippen molar-refractivity contribution in [3.63, 3.8) is 0 Å². The van der Waals surface area contributed by atoms with E-state index in [2.05, 4.69) is 5.32 Å². The Balaban J connectivity index is 1.89. The molecular weight excluding hydrogens is 460 g/mol. The molecule has 0 fully saturated rings. The fourth-order valence-electron chi connectivity index (χ4n) is 3.71. The molecule has 0 aliphatic heterocycles. The first-order valence-corrected chi connectivity index (χ1v) is 12.3. The molecule has 3 aromatic rings. The lowest BCUT2D eigenvalue weighted by atomic mass is 10.0. The minimum absolute atomic E-state index is 0.00254. The minimum atomic E-state index is -0.685. The first-order chi connectivity index (χ1) is 16.9. The molecule has 0 bridgehead atoms. The number of aryl methyl sites for hydroxylation is 1. The molecule has 0 radical (unpaired) electrons. The van der Waals surface area contributed by atoms with Crippen LogP contribution in [0.4, 0.5) is 0 Å². The van der Waals surface area contributed by atoms with E-state index < -0.39 is 6.04 Å². The van der Waals surface area contributed by atoms with Gasteiger partial charge in [0.05, 0.1) is 0 Å². The van der Waals surface area contributed by atoms with Crippen LogP contribution in [0.3, 0.4) is 0 Å². The minimum Gasteiger partial charge on any atom is -0.484 e. The van der Waals surface area contributed by atoms with Gasteiger partial charge in [-0.1, -0.05) is 79.2 Å². The molecule has 6 heteroatoms. The Morgan fingerprint density at radius 3 is 2.20 bits per heavy atom. The van der Waals surface area contributed by atoms with E-state index in [1.165, 1.54) is 0 Å². The molecule has 0 saturated carbocycles. The van der Waals surface area contributed by atoms with Crippen LogP contribution >= 0.6 is 11.6 Å². The molecule has 1 N–H and O–H groups in total. The Morgan fingerprint density at radius 1 is 0.971 bits per heavy atom. The third-order valence-electron chi connectivity index (χ3n) is 5.96. The second-order valence-corrected chi connectivity index (χ2v) is 9.14. The molecule has 2 atom stereocenters. The molecule has 0 unspecified atom stereocenters. The van der Waals surface area contributed by atoms with E-state index in [1.54, 1.807) is 23.1 Å². The average Bonchev–Trinajstić information content (AvgIpc) is 2.87. The zero-order valence-corrected chi connectivity index (χ0v) is 21.3. The van der Waals surface area contributed by atoms with Gasteiger partial charge in [-0.3, -0.25) is 9.59 Å². The quantitative estimate of drug-likeness (QED) is 0.380. The molecule has 0 aliphatic carbocycles. The largest absolute Gasteiger partial charge is 0.484 e. The smallest absolute Gasteiger partial charge is 0.261 e. The molecule has 184 valence electrons. The van der Waals surface area contributed by atoms with Crippen molar-refractivity contribution in [3.8, 4) is 5.75 Å². The number of ether oxygens (including phenoxy) is 1. The summed E-state index contributed by atoms with van der Waals surface area (Å²) in [5, 5.41) is 3.71. The van der Waals surface area contributed by atoms with Crippen LogP contribution in [0.15, 0.2) is 78.9 Å². The number of rotatable bonds is 11. The molecule has 0 aliphatic rings. The number of carbonyl (C=O) groups excluding carboxylic acids is 2. The Morgan fingerprint density at radius 2 is 1.60 bits per heavy atom. The highest BCUT2D eigenvalue weighted by Gasteiger charge is 2.31. The zero-order valence-electron chi connectivity index (χ0n) is 20.5. The summed E-state index contributed by atoms with van der Waals surface area (Å²) in [5.41, 5.74) is 2.79. The lowest BCUT2D eigenvalue weighted by Gasteiger charge is -2.32. The van der Waals surface area contributed by atoms with Crippen molar-refractivity contribution >= 4 is 23.4 Å². The molecule has 0 aromatic heterocycles. The molecule has 0 heterocycles. The molecule has 5 nitrogen and oxygen atoms in total. The Kier molecular flexibility index (Phi) is 9.74. The van der Waals surface area contributed by atoms with E-state index in [4.69, 9.17) is 16.3 Å². The van der Waals surface area contributed by atoms with Gasteiger partial charge in [-0.2, -0.15) is 0 Å². The molecule has 0 spiro atoms. The number of nitrogens with one attached hydrogen (secondary N) is 1. The fourth-order valence-corrected chi connectivity index (χ4v) is 3.83. The van der Waals surface area contributed by atoms with Crippen molar-refractivity contribution < 1.29 is 14.3 Å². The van der Waals surface area contributed by atoms with Crippen LogP contribution in [0.5, 0.6) is 5.75 Å². The van der Waals surface area contributed by atoms with Crippen molar-refractivity contribution in [3.05, 3.63) is 101 Å². The first-order valence-electron chi connectivity index (χ1n) is 11.9. The van der Waals surface area contributed by atoms with Crippen LogP contribution < -0.4 is 10.1 Å². The third kappa shape index (κ3) is 7.86. The van der Waals surface area contributed by atoms with Gasteiger partial charge in [0.2, 0.25) is 5.91 Å². The molecule has 35 heavy (non-hydrogen) atoms. The highest BCUT2D eigenvalue weighted by molar-refractivity contribution is 6.31. The summed E-state index contributed by atoms with van der Waals surface area (Å²) in [6.07, 6.45) is 1.21. The van der Waals surface area contributed by atoms with Crippen LogP contribution in [0.25, 0.3) is 0 Å². The molecule has 2 amide bonds. The number of hydrogen-bond acceptors (Lipinski definition) is 3. The number of hydrogen-bond donors (Lipinski definition) is 1. The lowest BCUT2D eigenvalue weighted by molar-refractivity contribution is -0.143. The molecule has 3 aromatic carbocycles. The van der Waals surface area contributed by atoms with Gasteiger partial charge in [-0.15, -0.1) is 0 Å². The predicted octanol–water partition coefficient (Wildman–Crippen LogP) is 5.58. The van der Waals surface area contributed by atoms with Crippen molar-refractivity contribution in [2.45, 2.75) is 52.2 Å². The van der Waals surface area contributed by atoms with Gasteiger partial charge in [0, 0.05) is 24.0 Å². The Hall–Kier alpha value is -3.31. The average molecular weight is 493 g/mol. The van der Waals surface area contributed by atoms with E-state index >= 15 is 0 Å². The Bertz CT molecular complexity index is 1110. The van der Waals surface area contributed by atoms with Gasteiger partial charge < -0.3 is 15.0 Å². The monoisotopic (exact) mass is 492 g/mol. The summed E-state index contributed by atoms with van der Waals surface area (Å²) in [6, 6.07) is 24.1. The second-order valence-electron chi connectivity index (χ2n) is 8.73. The van der Waals surface area contributed by atoms with Crippen LogP contribution in [0.2, 0.25) is 5.02 Å². The Labute approximate surface area is 213 Å². The van der Waals surface area contributed by atoms with Gasteiger partial charge in [0.1, 0.15) is 11.8 Å². The van der Waals surface area contributed by atoms with Crippen LogP contribution in [0, 0.1) is 6.92 Å². The van der Waals surface area contributed by atoms with Crippen LogP contribution in [-0.2, 0) is 22.6 Å². The molecule has 0 saturated heterocycles. The standard InChI is InChI=1S/C29H33ClN2O3/c1-4-22(3)31-29(34)27(18-23-11-7-5-8-12-23)32(19-24-13-9-6-10-14-24)28(33)20-35-25-15-16-26(30)21(2)17-25/h5-17,22,27H,4,18-20H2,1-3H3,(H,31,34)/t22-,27-/m0/s1. The van der Waals surface area contributed by atoms with E-state index in [0.717, 1.165) is 23.1 Å². The van der Waals surface area contributed by atoms with Gasteiger partial charge in [-0.25, -0.2) is 0 Å². The first kappa shape index (κ1) is 26.3. The zero-order chi connectivity index (χ0) is 25.2. The summed E-state index contributed by atoms with van der Waals surface area (Å²) in [5.74, 6) is 0.125. The number of halogens is 1. The second kappa shape index (κ2) is 13.0. The van der Waals surface area contributed by atoms with Crippen molar-refractivity contribution in [2.75, 3.05) is 6.61 Å². The van der Waals surface area contributed by atoms with Crippen LogP contribution in [0.1, 0.15) is 37.0 Å². The fraction of sp³-hybridized carbons (Fsp3) is 0.310. The number of carbonyl (C=O) groups is 2. The van der Waals surface area contributed by atoms with E-state index in [9.17, 15) is 9.59 Å². The number of benzene rings is 3. The van der Waals surface area contributed by atoms with Gasteiger partial charge in [0.15, 0.2) is 6.61 Å². The SMILES string of the molecule is CC[C@H](C)NC(=O)[C@H](Cc1ccccc1)N(Cc1ccccc1)C(=O)COc1ccc(Cl)c(C)c1. The van der Waals surface area contributed by atoms with Crippen molar-refractivity contribution in [1.29, 1.82) is 0 Å². The summed E-state index contributed by atoms with van der Waals surface area (Å²) >= 11 is 6.12. The van der Waals surface area contributed by atoms with E-state index in [0.29, 0.717) is 23.7 Å².